The Morgan fingerprint density at radius 3 is 2.56 bits per heavy atom. The first-order valence-corrected chi connectivity index (χ1v) is 5.49. The highest BCUT2D eigenvalue weighted by atomic mass is 16.4. The smallest absolute Gasteiger partial charge is 0.329 e. The van der Waals surface area contributed by atoms with Gasteiger partial charge in [-0.3, -0.25) is 9.36 Å². The normalized spacial score (nSPS) is 18.6. The largest absolute Gasteiger partial charge is 0.479 e. The molecule has 4 nitrogen and oxygen atoms in total. The topological polar surface area (TPSA) is 59.3 Å². The summed E-state index contributed by atoms with van der Waals surface area (Å²) in [7, 11) is 0. The molecule has 1 saturated carbocycles. The maximum absolute atomic E-state index is 11.8. The molecule has 86 valence electrons. The number of rotatable bonds is 2. The SMILES string of the molecule is Cc1ccn(C2(C(=O)O)CCCC2)c(=O)c1. The zero-order valence-electron chi connectivity index (χ0n) is 9.27. The summed E-state index contributed by atoms with van der Waals surface area (Å²) < 4.78 is 1.38. The van der Waals surface area contributed by atoms with E-state index in [9.17, 15) is 14.7 Å². The molecule has 1 aromatic heterocycles. The summed E-state index contributed by atoms with van der Waals surface area (Å²) in [5.41, 5.74) is -0.366. The van der Waals surface area contributed by atoms with Crippen LogP contribution in [0.15, 0.2) is 23.1 Å². The third-order valence-corrected chi connectivity index (χ3v) is 3.37. The van der Waals surface area contributed by atoms with Gasteiger partial charge in [-0.2, -0.15) is 0 Å². The zero-order chi connectivity index (χ0) is 11.8. The minimum atomic E-state index is -1.01. The number of aromatic nitrogens is 1. The molecule has 0 aliphatic heterocycles. The van der Waals surface area contributed by atoms with Crippen LogP contribution < -0.4 is 5.56 Å². The molecule has 0 amide bonds. The van der Waals surface area contributed by atoms with E-state index in [0.29, 0.717) is 12.8 Å². The van der Waals surface area contributed by atoms with Gasteiger partial charge in [-0.1, -0.05) is 12.8 Å². The second-order valence-corrected chi connectivity index (χ2v) is 4.46. The molecule has 0 radical (unpaired) electrons. The summed E-state index contributed by atoms with van der Waals surface area (Å²) >= 11 is 0. The van der Waals surface area contributed by atoms with Crippen LogP contribution in [0.3, 0.4) is 0 Å². The molecule has 1 aliphatic carbocycles. The number of carboxylic acids is 1. The molecular formula is C12H15NO3. The van der Waals surface area contributed by atoms with Gasteiger partial charge in [-0.15, -0.1) is 0 Å². The quantitative estimate of drug-likeness (QED) is 0.823. The van der Waals surface area contributed by atoms with Crippen LogP contribution in [0.2, 0.25) is 0 Å². The lowest BCUT2D eigenvalue weighted by Gasteiger charge is -2.26. The Balaban J connectivity index is 2.56. The average molecular weight is 221 g/mol. The molecule has 1 heterocycles. The first-order chi connectivity index (χ1) is 7.56. The molecule has 4 heteroatoms. The highest BCUT2D eigenvalue weighted by molar-refractivity contribution is 5.77. The zero-order valence-corrected chi connectivity index (χ0v) is 9.27. The van der Waals surface area contributed by atoms with E-state index in [1.807, 2.05) is 6.92 Å². The van der Waals surface area contributed by atoms with Crippen LogP contribution in [-0.2, 0) is 10.3 Å². The highest BCUT2D eigenvalue weighted by Gasteiger charge is 2.43. The fourth-order valence-electron chi connectivity index (χ4n) is 2.45. The lowest BCUT2D eigenvalue weighted by Crippen LogP contribution is -2.45. The van der Waals surface area contributed by atoms with E-state index in [1.54, 1.807) is 12.3 Å². The van der Waals surface area contributed by atoms with Crippen molar-refractivity contribution in [3.05, 3.63) is 34.2 Å². The maximum atomic E-state index is 11.8. The van der Waals surface area contributed by atoms with Crippen molar-refractivity contribution in [2.24, 2.45) is 0 Å². The summed E-state index contributed by atoms with van der Waals surface area (Å²) in [5, 5.41) is 9.35. The van der Waals surface area contributed by atoms with Gasteiger partial charge >= 0.3 is 5.97 Å². The molecule has 1 aromatic rings. The van der Waals surface area contributed by atoms with Crippen LogP contribution in [0, 0.1) is 6.92 Å². The number of hydrogen-bond acceptors (Lipinski definition) is 2. The lowest BCUT2D eigenvalue weighted by molar-refractivity contribution is -0.147. The van der Waals surface area contributed by atoms with Crippen molar-refractivity contribution >= 4 is 5.97 Å². The Bertz CT molecular complexity index is 469. The molecule has 0 atom stereocenters. The first kappa shape index (κ1) is 10.9. The first-order valence-electron chi connectivity index (χ1n) is 5.49. The van der Waals surface area contributed by atoms with Gasteiger partial charge in [0.25, 0.3) is 5.56 Å². The van der Waals surface area contributed by atoms with Crippen molar-refractivity contribution in [2.45, 2.75) is 38.1 Å². The molecule has 0 bridgehead atoms. The number of hydrogen-bond donors (Lipinski definition) is 1. The van der Waals surface area contributed by atoms with Crippen molar-refractivity contribution in [1.29, 1.82) is 0 Å². The molecule has 1 N–H and O–H groups in total. The predicted molar refractivity (Wildman–Crippen MR) is 59.5 cm³/mol. The lowest BCUT2D eigenvalue weighted by atomic mass is 9.97. The number of carbonyl (C=O) groups is 1. The van der Waals surface area contributed by atoms with Gasteiger partial charge in [0.05, 0.1) is 0 Å². The van der Waals surface area contributed by atoms with Crippen LogP contribution in [0.1, 0.15) is 31.2 Å². The molecule has 1 fully saturated rings. The van der Waals surface area contributed by atoms with Crippen molar-refractivity contribution in [3.63, 3.8) is 0 Å². The van der Waals surface area contributed by atoms with Crippen molar-refractivity contribution in [3.8, 4) is 0 Å². The van der Waals surface area contributed by atoms with E-state index in [4.69, 9.17) is 0 Å². The molecular weight excluding hydrogens is 206 g/mol. The van der Waals surface area contributed by atoms with E-state index in [1.165, 1.54) is 10.6 Å². The Kier molecular flexibility index (Phi) is 2.58. The number of carboxylic acid groups (broad SMARTS) is 1. The minimum absolute atomic E-state index is 0.218. The summed E-state index contributed by atoms with van der Waals surface area (Å²) in [4.78, 5) is 23.2. The van der Waals surface area contributed by atoms with Crippen molar-refractivity contribution < 1.29 is 9.90 Å². The van der Waals surface area contributed by atoms with Crippen LogP contribution in [-0.4, -0.2) is 15.6 Å². The summed E-state index contributed by atoms with van der Waals surface area (Å²) in [6.45, 7) is 1.83. The Hall–Kier alpha value is -1.58. The highest BCUT2D eigenvalue weighted by Crippen LogP contribution is 2.35. The molecule has 0 saturated heterocycles. The molecule has 1 aliphatic rings. The van der Waals surface area contributed by atoms with Crippen LogP contribution >= 0.6 is 0 Å². The van der Waals surface area contributed by atoms with Gasteiger partial charge in [-0.25, -0.2) is 4.79 Å². The number of aliphatic carboxylic acids is 1. The number of aryl methyl sites for hydroxylation is 1. The van der Waals surface area contributed by atoms with Crippen LogP contribution in [0.25, 0.3) is 0 Å². The molecule has 2 rings (SSSR count). The van der Waals surface area contributed by atoms with Gasteiger partial charge in [0.15, 0.2) is 0 Å². The van der Waals surface area contributed by atoms with Crippen molar-refractivity contribution in [1.82, 2.24) is 4.57 Å². The van der Waals surface area contributed by atoms with E-state index in [0.717, 1.165) is 18.4 Å². The predicted octanol–water partition coefficient (Wildman–Crippen LogP) is 1.51. The Morgan fingerprint density at radius 1 is 1.44 bits per heavy atom. The molecule has 0 spiro atoms. The fourth-order valence-corrected chi connectivity index (χ4v) is 2.45. The van der Waals surface area contributed by atoms with Gasteiger partial charge in [-0.05, 0) is 31.4 Å². The van der Waals surface area contributed by atoms with E-state index in [2.05, 4.69) is 0 Å². The third kappa shape index (κ3) is 1.54. The van der Waals surface area contributed by atoms with Crippen LogP contribution in [0.4, 0.5) is 0 Å². The monoisotopic (exact) mass is 221 g/mol. The maximum Gasteiger partial charge on any atom is 0.329 e. The van der Waals surface area contributed by atoms with E-state index >= 15 is 0 Å². The molecule has 0 unspecified atom stereocenters. The molecule has 0 aromatic carbocycles. The number of nitrogens with zero attached hydrogens (tertiary/aromatic N) is 1. The molecule has 16 heavy (non-hydrogen) atoms. The second-order valence-electron chi connectivity index (χ2n) is 4.46. The summed E-state index contributed by atoms with van der Waals surface area (Å²) in [6, 6.07) is 3.27. The summed E-state index contributed by atoms with van der Waals surface area (Å²) in [6.07, 6.45) is 4.44. The Morgan fingerprint density at radius 2 is 2.06 bits per heavy atom. The fraction of sp³-hybridized carbons (Fsp3) is 0.500. The number of pyridine rings is 1. The van der Waals surface area contributed by atoms with Crippen LogP contribution in [0.5, 0.6) is 0 Å². The third-order valence-electron chi connectivity index (χ3n) is 3.37. The van der Waals surface area contributed by atoms with Gasteiger partial charge in [0.2, 0.25) is 0 Å². The van der Waals surface area contributed by atoms with Gasteiger partial charge in [0, 0.05) is 12.3 Å². The van der Waals surface area contributed by atoms with E-state index in [-0.39, 0.29) is 5.56 Å². The van der Waals surface area contributed by atoms with Gasteiger partial charge < -0.3 is 5.11 Å². The van der Waals surface area contributed by atoms with E-state index < -0.39 is 11.5 Å². The Labute approximate surface area is 93.5 Å². The van der Waals surface area contributed by atoms with Gasteiger partial charge in [0.1, 0.15) is 5.54 Å². The average Bonchev–Trinajstić information content (AvgIpc) is 2.67. The standard InChI is InChI=1S/C12H15NO3/c1-9-4-7-13(10(14)8-9)12(11(15)16)5-2-3-6-12/h4,7-8H,2-3,5-6H2,1H3,(H,15,16). The van der Waals surface area contributed by atoms with Crippen molar-refractivity contribution in [2.75, 3.05) is 0 Å². The second kappa shape index (κ2) is 3.77. The minimum Gasteiger partial charge on any atom is -0.479 e. The summed E-state index contributed by atoms with van der Waals surface area (Å²) in [5.74, 6) is -0.893.